The van der Waals surface area contributed by atoms with E-state index in [9.17, 15) is 4.79 Å². The van der Waals surface area contributed by atoms with Crippen molar-refractivity contribution in [2.45, 2.75) is 18.5 Å². The SMILES string of the molecule is CCOc1ccc(C(=O)CSc2n[nH]c(Cc3cccs3)n2)cc1. The highest BCUT2D eigenvalue weighted by atomic mass is 32.2. The molecule has 2 heterocycles. The molecule has 1 aromatic carbocycles. The van der Waals surface area contributed by atoms with Crippen molar-refractivity contribution in [2.24, 2.45) is 0 Å². The average Bonchev–Trinajstić information content (AvgIpc) is 3.26. The number of hydrogen-bond donors (Lipinski definition) is 1. The summed E-state index contributed by atoms with van der Waals surface area (Å²) in [5.74, 6) is 1.94. The van der Waals surface area contributed by atoms with Crippen molar-refractivity contribution in [2.75, 3.05) is 12.4 Å². The summed E-state index contributed by atoms with van der Waals surface area (Å²) in [6.07, 6.45) is 0.734. The van der Waals surface area contributed by atoms with Crippen LogP contribution >= 0.6 is 23.1 Å². The average molecular weight is 359 g/mol. The molecule has 1 N–H and O–H groups in total. The van der Waals surface area contributed by atoms with E-state index in [1.165, 1.54) is 16.6 Å². The van der Waals surface area contributed by atoms with E-state index in [0.29, 0.717) is 23.1 Å². The van der Waals surface area contributed by atoms with Crippen LogP contribution < -0.4 is 4.74 Å². The van der Waals surface area contributed by atoms with Crippen molar-refractivity contribution < 1.29 is 9.53 Å². The number of nitrogens with one attached hydrogen (secondary N) is 1. The van der Waals surface area contributed by atoms with Crippen LogP contribution in [-0.4, -0.2) is 33.3 Å². The monoisotopic (exact) mass is 359 g/mol. The van der Waals surface area contributed by atoms with Crippen molar-refractivity contribution in [1.29, 1.82) is 0 Å². The molecule has 5 nitrogen and oxygen atoms in total. The molecule has 0 radical (unpaired) electrons. The number of ketones is 1. The first-order chi connectivity index (χ1) is 11.7. The van der Waals surface area contributed by atoms with Gasteiger partial charge in [-0.05, 0) is 42.6 Å². The lowest BCUT2D eigenvalue weighted by Crippen LogP contribution is -2.02. The molecule has 2 aromatic heterocycles. The Morgan fingerprint density at radius 3 is 2.83 bits per heavy atom. The molecule has 0 atom stereocenters. The Morgan fingerprint density at radius 1 is 1.29 bits per heavy atom. The standard InChI is InChI=1S/C17H17N3O2S2/c1-2-22-13-7-5-12(6-8-13)15(21)11-24-17-18-16(19-20-17)10-14-4-3-9-23-14/h3-9H,2,10-11H2,1H3,(H,18,19,20). The first-order valence-electron chi connectivity index (χ1n) is 7.57. The number of benzene rings is 1. The van der Waals surface area contributed by atoms with Crippen LogP contribution in [0.2, 0.25) is 0 Å². The molecule has 0 aliphatic heterocycles. The van der Waals surface area contributed by atoms with Crippen molar-refractivity contribution in [3.63, 3.8) is 0 Å². The zero-order valence-corrected chi connectivity index (χ0v) is 14.8. The summed E-state index contributed by atoms with van der Waals surface area (Å²) < 4.78 is 5.38. The lowest BCUT2D eigenvalue weighted by atomic mass is 10.1. The summed E-state index contributed by atoms with van der Waals surface area (Å²) in [5.41, 5.74) is 0.667. The van der Waals surface area contributed by atoms with E-state index < -0.39 is 0 Å². The van der Waals surface area contributed by atoms with Gasteiger partial charge < -0.3 is 4.74 Å². The molecule has 0 spiro atoms. The molecule has 124 valence electrons. The number of carbonyl (C=O) groups excluding carboxylic acids is 1. The van der Waals surface area contributed by atoms with E-state index in [1.807, 2.05) is 30.5 Å². The van der Waals surface area contributed by atoms with E-state index in [-0.39, 0.29) is 5.78 Å². The number of thioether (sulfide) groups is 1. The molecule has 7 heteroatoms. The van der Waals surface area contributed by atoms with Gasteiger partial charge in [0.2, 0.25) is 5.16 Å². The number of carbonyl (C=O) groups is 1. The van der Waals surface area contributed by atoms with Crippen molar-refractivity contribution >= 4 is 28.9 Å². The van der Waals surface area contributed by atoms with Crippen LogP contribution in [0.25, 0.3) is 0 Å². The Bertz CT molecular complexity index is 783. The minimum Gasteiger partial charge on any atom is -0.494 e. The molecule has 3 rings (SSSR count). The molecule has 0 fully saturated rings. The lowest BCUT2D eigenvalue weighted by Gasteiger charge is -2.03. The largest absolute Gasteiger partial charge is 0.494 e. The van der Waals surface area contributed by atoms with Crippen LogP contribution in [0.4, 0.5) is 0 Å². The molecule has 0 aliphatic carbocycles. The second-order valence-electron chi connectivity index (χ2n) is 4.99. The summed E-state index contributed by atoms with van der Waals surface area (Å²) >= 11 is 3.03. The summed E-state index contributed by atoms with van der Waals surface area (Å²) in [6, 6.07) is 11.3. The maximum Gasteiger partial charge on any atom is 0.208 e. The molecule has 0 bridgehead atoms. The number of nitrogens with zero attached hydrogens (tertiary/aromatic N) is 2. The number of thiophene rings is 1. The van der Waals surface area contributed by atoms with Gasteiger partial charge in [0, 0.05) is 16.9 Å². The third-order valence-corrected chi connectivity index (χ3v) is 4.98. The third-order valence-electron chi connectivity index (χ3n) is 3.25. The number of aromatic amines is 1. The molecule has 0 unspecified atom stereocenters. The van der Waals surface area contributed by atoms with Gasteiger partial charge in [0.25, 0.3) is 0 Å². The number of H-pyrrole nitrogens is 1. The maximum atomic E-state index is 12.2. The predicted molar refractivity (Wildman–Crippen MR) is 96.2 cm³/mol. The molecule has 0 aliphatic rings. The summed E-state index contributed by atoms with van der Waals surface area (Å²) in [4.78, 5) is 17.9. The van der Waals surface area contributed by atoms with Gasteiger partial charge in [0.15, 0.2) is 5.78 Å². The topological polar surface area (TPSA) is 67.9 Å². The van der Waals surface area contributed by atoms with Crippen LogP contribution in [0, 0.1) is 0 Å². The molecule has 0 saturated carbocycles. The number of rotatable bonds is 8. The molecule has 0 saturated heterocycles. The molecule has 3 aromatic rings. The Balaban J connectivity index is 1.53. The van der Waals surface area contributed by atoms with Gasteiger partial charge in [-0.1, -0.05) is 17.8 Å². The predicted octanol–water partition coefficient (Wildman–Crippen LogP) is 3.83. The quantitative estimate of drug-likeness (QED) is 0.489. The fraction of sp³-hybridized carbons (Fsp3) is 0.235. The highest BCUT2D eigenvalue weighted by molar-refractivity contribution is 7.99. The van der Waals surface area contributed by atoms with Crippen LogP contribution in [-0.2, 0) is 6.42 Å². The first-order valence-corrected chi connectivity index (χ1v) is 9.43. The first kappa shape index (κ1) is 16.7. The summed E-state index contributed by atoms with van der Waals surface area (Å²) in [6.45, 7) is 2.54. The normalized spacial score (nSPS) is 10.7. The fourth-order valence-corrected chi connectivity index (χ4v) is 3.54. The van der Waals surface area contributed by atoms with Crippen LogP contribution in [0.1, 0.15) is 28.0 Å². The number of Topliss-reactive ketones (excluding diaryl/α,β-unsaturated/α-hetero) is 1. The summed E-state index contributed by atoms with van der Waals surface area (Å²) in [7, 11) is 0. The zero-order valence-electron chi connectivity index (χ0n) is 13.2. The molecular formula is C17H17N3O2S2. The van der Waals surface area contributed by atoms with Gasteiger partial charge in [0.1, 0.15) is 11.6 Å². The second kappa shape index (κ2) is 8.12. The lowest BCUT2D eigenvalue weighted by molar-refractivity contribution is 0.102. The van der Waals surface area contributed by atoms with Crippen molar-refractivity contribution in [3.05, 3.63) is 58.0 Å². The van der Waals surface area contributed by atoms with Gasteiger partial charge in [-0.15, -0.1) is 16.4 Å². The van der Waals surface area contributed by atoms with Crippen LogP contribution in [0.3, 0.4) is 0 Å². The number of aromatic nitrogens is 3. The minimum atomic E-state index is 0.0488. The van der Waals surface area contributed by atoms with Gasteiger partial charge >= 0.3 is 0 Å². The van der Waals surface area contributed by atoms with E-state index in [4.69, 9.17) is 4.74 Å². The number of hydrogen-bond acceptors (Lipinski definition) is 6. The van der Waals surface area contributed by atoms with Gasteiger partial charge in [-0.25, -0.2) is 4.98 Å². The Kier molecular flexibility index (Phi) is 5.66. The second-order valence-corrected chi connectivity index (χ2v) is 6.96. The zero-order chi connectivity index (χ0) is 16.8. The molecule has 0 amide bonds. The molecular weight excluding hydrogens is 342 g/mol. The van der Waals surface area contributed by atoms with Gasteiger partial charge in [-0.2, -0.15) is 0 Å². The van der Waals surface area contributed by atoms with Crippen LogP contribution in [0.15, 0.2) is 46.9 Å². The molecule has 24 heavy (non-hydrogen) atoms. The smallest absolute Gasteiger partial charge is 0.208 e. The van der Waals surface area contributed by atoms with E-state index in [0.717, 1.165) is 18.0 Å². The highest BCUT2D eigenvalue weighted by Crippen LogP contribution is 2.19. The minimum absolute atomic E-state index is 0.0488. The fourth-order valence-electron chi connectivity index (χ4n) is 2.12. The Labute approximate surface area is 148 Å². The Hall–Kier alpha value is -2.12. The van der Waals surface area contributed by atoms with Crippen molar-refractivity contribution in [1.82, 2.24) is 15.2 Å². The maximum absolute atomic E-state index is 12.2. The van der Waals surface area contributed by atoms with Gasteiger partial charge in [0.05, 0.1) is 12.4 Å². The van der Waals surface area contributed by atoms with E-state index >= 15 is 0 Å². The van der Waals surface area contributed by atoms with Crippen LogP contribution in [0.5, 0.6) is 5.75 Å². The third kappa shape index (κ3) is 4.46. The van der Waals surface area contributed by atoms with Gasteiger partial charge in [-0.3, -0.25) is 9.89 Å². The Morgan fingerprint density at radius 2 is 2.12 bits per heavy atom. The van der Waals surface area contributed by atoms with Crippen molar-refractivity contribution in [3.8, 4) is 5.75 Å². The van der Waals surface area contributed by atoms with E-state index in [1.54, 1.807) is 23.5 Å². The van der Waals surface area contributed by atoms with E-state index in [2.05, 4.69) is 21.2 Å². The highest BCUT2D eigenvalue weighted by Gasteiger charge is 2.10. The summed E-state index contributed by atoms with van der Waals surface area (Å²) in [5, 5.41) is 9.72. The number of ether oxygens (including phenoxy) is 1.